The maximum atomic E-state index is 13.4. The van der Waals surface area contributed by atoms with Crippen LogP contribution < -0.4 is 5.32 Å². The van der Waals surface area contributed by atoms with Gasteiger partial charge in [0.25, 0.3) is 0 Å². The number of rotatable bonds is 7. The van der Waals surface area contributed by atoms with E-state index in [0.717, 1.165) is 18.4 Å². The molecule has 1 rings (SSSR count). The first-order valence-corrected chi connectivity index (χ1v) is 6.66. The molecule has 0 aliphatic rings. The van der Waals surface area contributed by atoms with Crippen LogP contribution in [-0.4, -0.2) is 19.1 Å². The smallest absolute Gasteiger partial charge is 0.319 e. The second-order valence-electron chi connectivity index (χ2n) is 4.72. The van der Waals surface area contributed by atoms with Gasteiger partial charge in [-0.2, -0.15) is 0 Å². The van der Waals surface area contributed by atoms with Gasteiger partial charge in [0.15, 0.2) is 0 Å². The third-order valence-corrected chi connectivity index (χ3v) is 2.86. The average Bonchev–Trinajstić information content (AvgIpc) is 2.36. The van der Waals surface area contributed by atoms with Crippen LogP contribution in [0.25, 0.3) is 0 Å². The summed E-state index contributed by atoms with van der Waals surface area (Å²) >= 11 is 0. The van der Waals surface area contributed by atoms with Crippen LogP contribution in [0, 0.1) is 19.7 Å². The molecule has 0 spiro atoms. The fourth-order valence-electron chi connectivity index (χ4n) is 1.83. The number of hydrogen-bond donors (Lipinski definition) is 1. The monoisotopic (exact) mass is 267 g/mol. The number of carbonyl (C=O) groups is 1. The van der Waals surface area contributed by atoms with Crippen LogP contribution in [0.15, 0.2) is 12.1 Å². The SMILES string of the molecule is CCCCOC(=O)CNCc1cc(C)c(F)c(C)c1. The third-order valence-electron chi connectivity index (χ3n) is 2.86. The van der Waals surface area contributed by atoms with E-state index in [1.165, 1.54) is 0 Å². The van der Waals surface area contributed by atoms with Crippen molar-refractivity contribution in [2.24, 2.45) is 0 Å². The molecule has 0 aliphatic carbocycles. The summed E-state index contributed by atoms with van der Waals surface area (Å²) in [5, 5.41) is 3.01. The minimum Gasteiger partial charge on any atom is -0.465 e. The lowest BCUT2D eigenvalue weighted by molar-refractivity contribution is -0.142. The van der Waals surface area contributed by atoms with Crippen molar-refractivity contribution in [1.82, 2.24) is 5.32 Å². The van der Waals surface area contributed by atoms with Crippen LogP contribution in [-0.2, 0) is 16.1 Å². The number of aryl methyl sites for hydroxylation is 2. The zero-order chi connectivity index (χ0) is 14.3. The molecule has 1 aromatic carbocycles. The summed E-state index contributed by atoms with van der Waals surface area (Å²) in [7, 11) is 0. The van der Waals surface area contributed by atoms with Gasteiger partial charge in [-0.15, -0.1) is 0 Å². The highest BCUT2D eigenvalue weighted by molar-refractivity contribution is 5.71. The Morgan fingerprint density at radius 1 is 1.32 bits per heavy atom. The Labute approximate surface area is 114 Å². The highest BCUT2D eigenvalue weighted by Gasteiger charge is 2.05. The molecule has 0 heterocycles. The topological polar surface area (TPSA) is 38.3 Å². The lowest BCUT2D eigenvalue weighted by Gasteiger charge is -2.08. The Morgan fingerprint density at radius 2 is 1.95 bits per heavy atom. The van der Waals surface area contributed by atoms with E-state index in [4.69, 9.17) is 4.74 Å². The molecule has 1 N–H and O–H groups in total. The molecule has 0 bridgehead atoms. The molecule has 0 radical (unpaired) electrons. The standard InChI is InChI=1S/C15H22FNO2/c1-4-5-6-19-14(18)10-17-9-13-7-11(2)15(16)12(3)8-13/h7-8,17H,4-6,9-10H2,1-3H3. The second-order valence-corrected chi connectivity index (χ2v) is 4.72. The van der Waals surface area contributed by atoms with Crippen LogP contribution in [0.5, 0.6) is 0 Å². The molecule has 106 valence electrons. The minimum absolute atomic E-state index is 0.164. The fourth-order valence-corrected chi connectivity index (χ4v) is 1.83. The van der Waals surface area contributed by atoms with E-state index in [-0.39, 0.29) is 18.3 Å². The zero-order valence-electron chi connectivity index (χ0n) is 11.9. The Hall–Kier alpha value is -1.42. The maximum Gasteiger partial charge on any atom is 0.319 e. The van der Waals surface area contributed by atoms with Crippen molar-refractivity contribution >= 4 is 5.97 Å². The Balaban J connectivity index is 2.35. The molecule has 0 unspecified atom stereocenters. The molecule has 0 saturated heterocycles. The largest absolute Gasteiger partial charge is 0.465 e. The van der Waals surface area contributed by atoms with Crippen LogP contribution in [0.4, 0.5) is 4.39 Å². The predicted octanol–water partition coefficient (Wildman–Crippen LogP) is 2.88. The van der Waals surface area contributed by atoms with Gasteiger partial charge in [0, 0.05) is 6.54 Å². The van der Waals surface area contributed by atoms with Gasteiger partial charge in [0.1, 0.15) is 5.82 Å². The minimum atomic E-state index is -0.246. The van der Waals surface area contributed by atoms with Crippen molar-refractivity contribution in [3.8, 4) is 0 Å². The van der Waals surface area contributed by atoms with Gasteiger partial charge in [-0.1, -0.05) is 25.5 Å². The Morgan fingerprint density at radius 3 is 2.53 bits per heavy atom. The van der Waals surface area contributed by atoms with Crippen LogP contribution in [0.2, 0.25) is 0 Å². The molecule has 4 heteroatoms. The molecule has 0 amide bonds. The number of carbonyl (C=O) groups excluding carboxylic acids is 1. The molecule has 0 fully saturated rings. The maximum absolute atomic E-state index is 13.4. The number of hydrogen-bond acceptors (Lipinski definition) is 3. The molecule has 0 aromatic heterocycles. The average molecular weight is 267 g/mol. The normalized spacial score (nSPS) is 10.5. The van der Waals surface area contributed by atoms with Crippen LogP contribution >= 0.6 is 0 Å². The van der Waals surface area contributed by atoms with Crippen molar-refractivity contribution in [1.29, 1.82) is 0 Å². The quantitative estimate of drug-likeness (QED) is 0.610. The molecule has 19 heavy (non-hydrogen) atoms. The first kappa shape index (κ1) is 15.6. The summed E-state index contributed by atoms with van der Waals surface area (Å²) in [5.41, 5.74) is 2.22. The van der Waals surface area contributed by atoms with Crippen molar-refractivity contribution in [2.75, 3.05) is 13.2 Å². The summed E-state index contributed by atoms with van der Waals surface area (Å²) < 4.78 is 18.5. The summed E-state index contributed by atoms with van der Waals surface area (Å²) in [6, 6.07) is 3.58. The molecule has 0 saturated carbocycles. The predicted molar refractivity (Wildman–Crippen MR) is 73.4 cm³/mol. The van der Waals surface area contributed by atoms with Crippen molar-refractivity contribution in [2.45, 2.75) is 40.2 Å². The Kier molecular flexibility index (Phi) is 6.50. The number of benzene rings is 1. The van der Waals surface area contributed by atoms with Crippen LogP contribution in [0.1, 0.15) is 36.5 Å². The first-order valence-electron chi connectivity index (χ1n) is 6.66. The summed E-state index contributed by atoms with van der Waals surface area (Å²) in [6.07, 6.45) is 1.90. The van der Waals surface area contributed by atoms with Crippen molar-refractivity contribution in [3.63, 3.8) is 0 Å². The van der Waals surface area contributed by atoms with Crippen molar-refractivity contribution in [3.05, 3.63) is 34.6 Å². The molecule has 0 aliphatic heterocycles. The molecule has 3 nitrogen and oxygen atoms in total. The van der Waals surface area contributed by atoms with E-state index in [9.17, 15) is 9.18 Å². The third kappa shape index (κ3) is 5.39. The number of nitrogens with one attached hydrogen (secondary N) is 1. The van der Waals surface area contributed by atoms with E-state index in [2.05, 4.69) is 5.32 Å². The lowest BCUT2D eigenvalue weighted by Crippen LogP contribution is -2.24. The first-order chi connectivity index (χ1) is 9.04. The van der Waals surface area contributed by atoms with Gasteiger partial charge in [0.05, 0.1) is 13.2 Å². The second kappa shape index (κ2) is 7.89. The van der Waals surface area contributed by atoms with Gasteiger partial charge in [0.2, 0.25) is 0 Å². The summed E-state index contributed by atoms with van der Waals surface area (Å²) in [4.78, 5) is 11.4. The van der Waals surface area contributed by atoms with Gasteiger partial charge in [-0.05, 0) is 37.0 Å². The number of ether oxygens (including phenoxy) is 1. The molecule has 0 atom stereocenters. The number of esters is 1. The van der Waals surface area contributed by atoms with E-state index >= 15 is 0 Å². The van der Waals surface area contributed by atoms with Crippen LogP contribution in [0.3, 0.4) is 0 Å². The zero-order valence-corrected chi connectivity index (χ0v) is 11.9. The molecular formula is C15H22FNO2. The van der Waals surface area contributed by atoms with Gasteiger partial charge < -0.3 is 10.1 Å². The van der Waals surface area contributed by atoms with E-state index in [1.54, 1.807) is 26.0 Å². The number of halogens is 1. The summed E-state index contributed by atoms with van der Waals surface area (Å²) in [5.74, 6) is -0.410. The lowest BCUT2D eigenvalue weighted by atomic mass is 10.1. The Bertz CT molecular complexity index is 409. The fraction of sp³-hybridized carbons (Fsp3) is 0.533. The van der Waals surface area contributed by atoms with E-state index < -0.39 is 0 Å². The highest BCUT2D eigenvalue weighted by Crippen LogP contribution is 2.14. The summed E-state index contributed by atoms with van der Waals surface area (Å²) in [6.45, 7) is 6.72. The van der Waals surface area contributed by atoms with Crippen molar-refractivity contribution < 1.29 is 13.9 Å². The van der Waals surface area contributed by atoms with Gasteiger partial charge in [-0.3, -0.25) is 4.79 Å². The highest BCUT2D eigenvalue weighted by atomic mass is 19.1. The van der Waals surface area contributed by atoms with E-state index in [1.807, 2.05) is 6.92 Å². The van der Waals surface area contributed by atoms with Gasteiger partial charge in [-0.25, -0.2) is 4.39 Å². The van der Waals surface area contributed by atoms with Gasteiger partial charge >= 0.3 is 5.97 Å². The number of unbranched alkanes of at least 4 members (excludes halogenated alkanes) is 1. The molecule has 1 aromatic rings. The molecular weight excluding hydrogens is 245 g/mol. The van der Waals surface area contributed by atoms with E-state index in [0.29, 0.717) is 24.3 Å².